The maximum Gasteiger partial charge on any atom is 0.265 e. The van der Waals surface area contributed by atoms with Crippen LogP contribution in [0.3, 0.4) is 0 Å². The second kappa shape index (κ2) is 5.59. The van der Waals surface area contributed by atoms with Gasteiger partial charge in [-0.1, -0.05) is 22.9 Å². The molecule has 0 saturated carbocycles. The molecule has 0 aromatic heterocycles. The smallest absolute Gasteiger partial charge is 0.265 e. The Morgan fingerprint density at radius 2 is 2.06 bits per heavy atom. The van der Waals surface area contributed by atoms with Crippen molar-refractivity contribution >= 4 is 35.7 Å². The molecule has 0 N–H and O–H groups in total. The van der Waals surface area contributed by atoms with Crippen LogP contribution in [0.15, 0.2) is 21.5 Å². The summed E-state index contributed by atoms with van der Waals surface area (Å²) in [6.45, 7) is 5.63. The molecule has 6 heteroatoms. The molecule has 0 aliphatic heterocycles. The van der Waals surface area contributed by atoms with Crippen molar-refractivity contribution in [2.75, 3.05) is 0 Å². The Kier molecular flexibility index (Phi) is 4.86. The zero-order valence-corrected chi connectivity index (χ0v) is 13.0. The maximum atomic E-state index is 11.5. The molecule has 1 atom stereocenters. The van der Waals surface area contributed by atoms with E-state index in [0.717, 1.165) is 12.0 Å². The number of hydrogen-bond acceptors (Lipinski definition) is 3. The van der Waals surface area contributed by atoms with Crippen molar-refractivity contribution in [3.8, 4) is 5.75 Å². The first-order chi connectivity index (χ1) is 7.75. The van der Waals surface area contributed by atoms with E-state index in [0.29, 0.717) is 10.2 Å². The third-order valence-electron chi connectivity index (χ3n) is 2.36. The summed E-state index contributed by atoms with van der Waals surface area (Å²) >= 11 is 3.24. The van der Waals surface area contributed by atoms with Crippen LogP contribution in [0.4, 0.5) is 0 Å². The SMILES string of the molecule is CCC(C)Oc1c(C)cc(Br)cc1S(=O)(=O)Cl. The molecule has 1 rings (SSSR count). The maximum absolute atomic E-state index is 11.5. The first kappa shape index (κ1) is 14.8. The van der Waals surface area contributed by atoms with Crippen molar-refractivity contribution in [2.24, 2.45) is 0 Å². The van der Waals surface area contributed by atoms with Gasteiger partial charge in [-0.15, -0.1) is 0 Å². The summed E-state index contributed by atoms with van der Waals surface area (Å²) in [4.78, 5) is 0.00587. The Bertz CT molecular complexity index is 514. The highest BCUT2D eigenvalue weighted by molar-refractivity contribution is 9.10. The Hall–Kier alpha value is -0.260. The Labute approximate surface area is 115 Å². The molecule has 0 saturated heterocycles. The number of halogens is 2. The standard InChI is InChI=1S/C11H14BrClO3S/c1-4-8(3)16-11-7(2)5-9(12)6-10(11)17(13,14)15/h5-6,8H,4H2,1-3H3. The summed E-state index contributed by atoms with van der Waals surface area (Å²) in [5, 5.41) is 0. The third kappa shape index (κ3) is 3.86. The first-order valence-electron chi connectivity index (χ1n) is 5.17. The monoisotopic (exact) mass is 340 g/mol. The van der Waals surface area contributed by atoms with Crippen LogP contribution in [0.5, 0.6) is 5.75 Å². The zero-order valence-electron chi connectivity index (χ0n) is 9.83. The fraction of sp³-hybridized carbons (Fsp3) is 0.455. The van der Waals surface area contributed by atoms with E-state index in [-0.39, 0.29) is 11.0 Å². The Morgan fingerprint density at radius 1 is 1.47 bits per heavy atom. The largest absolute Gasteiger partial charge is 0.489 e. The molecule has 0 fully saturated rings. The van der Waals surface area contributed by atoms with Crippen LogP contribution in [0.2, 0.25) is 0 Å². The van der Waals surface area contributed by atoms with Gasteiger partial charge in [0, 0.05) is 15.2 Å². The van der Waals surface area contributed by atoms with Gasteiger partial charge in [0.1, 0.15) is 10.6 Å². The molecular weight excluding hydrogens is 328 g/mol. The predicted molar refractivity (Wildman–Crippen MR) is 72.3 cm³/mol. The van der Waals surface area contributed by atoms with Crippen molar-refractivity contribution in [3.63, 3.8) is 0 Å². The van der Waals surface area contributed by atoms with E-state index < -0.39 is 9.05 Å². The summed E-state index contributed by atoms with van der Waals surface area (Å²) < 4.78 is 29.3. The van der Waals surface area contributed by atoms with Crippen LogP contribution >= 0.6 is 26.6 Å². The number of hydrogen-bond donors (Lipinski definition) is 0. The number of benzene rings is 1. The summed E-state index contributed by atoms with van der Waals surface area (Å²) in [5.74, 6) is 0.331. The summed E-state index contributed by atoms with van der Waals surface area (Å²) in [7, 11) is 1.59. The number of ether oxygens (including phenoxy) is 1. The molecule has 0 aliphatic carbocycles. The fourth-order valence-corrected chi connectivity index (χ4v) is 3.08. The second-order valence-electron chi connectivity index (χ2n) is 3.82. The molecule has 1 unspecified atom stereocenters. The lowest BCUT2D eigenvalue weighted by atomic mass is 10.2. The van der Waals surface area contributed by atoms with Crippen molar-refractivity contribution in [2.45, 2.75) is 38.2 Å². The molecular formula is C11H14BrClO3S. The lowest BCUT2D eigenvalue weighted by Gasteiger charge is -2.17. The van der Waals surface area contributed by atoms with Gasteiger partial charge in [0.05, 0.1) is 6.10 Å². The molecule has 0 bridgehead atoms. The number of aryl methyl sites for hydroxylation is 1. The molecule has 17 heavy (non-hydrogen) atoms. The minimum absolute atomic E-state index is 0.00587. The quantitative estimate of drug-likeness (QED) is 0.781. The molecule has 0 radical (unpaired) electrons. The molecule has 0 amide bonds. The normalized spacial score (nSPS) is 13.5. The zero-order chi connectivity index (χ0) is 13.2. The van der Waals surface area contributed by atoms with Gasteiger partial charge in [0.15, 0.2) is 0 Å². The van der Waals surface area contributed by atoms with Gasteiger partial charge in [-0.05, 0) is 38.0 Å². The Morgan fingerprint density at radius 3 is 2.53 bits per heavy atom. The molecule has 96 valence electrons. The predicted octanol–water partition coefficient (Wildman–Crippen LogP) is 3.86. The van der Waals surface area contributed by atoms with Gasteiger partial charge in [-0.25, -0.2) is 8.42 Å². The second-order valence-corrected chi connectivity index (χ2v) is 7.27. The van der Waals surface area contributed by atoms with Crippen LogP contribution in [0.1, 0.15) is 25.8 Å². The van der Waals surface area contributed by atoms with Gasteiger partial charge in [-0.3, -0.25) is 0 Å². The molecule has 1 aromatic carbocycles. The minimum Gasteiger partial charge on any atom is -0.489 e. The van der Waals surface area contributed by atoms with Crippen LogP contribution in [0, 0.1) is 6.92 Å². The van der Waals surface area contributed by atoms with E-state index in [1.807, 2.05) is 13.8 Å². The average molecular weight is 342 g/mol. The molecule has 1 aromatic rings. The van der Waals surface area contributed by atoms with Crippen LogP contribution < -0.4 is 4.74 Å². The van der Waals surface area contributed by atoms with Crippen LogP contribution in [-0.2, 0) is 9.05 Å². The summed E-state index contributed by atoms with van der Waals surface area (Å²) in [5.41, 5.74) is 0.735. The van der Waals surface area contributed by atoms with Crippen molar-refractivity contribution in [1.29, 1.82) is 0 Å². The summed E-state index contributed by atoms with van der Waals surface area (Å²) in [6, 6.07) is 3.25. The molecule has 0 aliphatic rings. The molecule has 0 heterocycles. The van der Waals surface area contributed by atoms with E-state index in [9.17, 15) is 8.42 Å². The van der Waals surface area contributed by atoms with Gasteiger partial charge < -0.3 is 4.74 Å². The van der Waals surface area contributed by atoms with Crippen molar-refractivity contribution < 1.29 is 13.2 Å². The van der Waals surface area contributed by atoms with E-state index in [2.05, 4.69) is 15.9 Å². The van der Waals surface area contributed by atoms with Crippen molar-refractivity contribution in [1.82, 2.24) is 0 Å². The highest BCUT2D eigenvalue weighted by Gasteiger charge is 2.21. The fourth-order valence-electron chi connectivity index (χ4n) is 1.32. The Balaban J connectivity index is 3.36. The van der Waals surface area contributed by atoms with Crippen LogP contribution in [0.25, 0.3) is 0 Å². The van der Waals surface area contributed by atoms with Crippen LogP contribution in [-0.4, -0.2) is 14.5 Å². The number of rotatable bonds is 4. The summed E-state index contributed by atoms with van der Waals surface area (Å²) in [6.07, 6.45) is 0.726. The molecule has 0 spiro atoms. The minimum atomic E-state index is -3.82. The topological polar surface area (TPSA) is 43.4 Å². The average Bonchev–Trinajstić information content (AvgIpc) is 2.19. The third-order valence-corrected chi connectivity index (χ3v) is 4.15. The van der Waals surface area contributed by atoms with Gasteiger partial charge in [0.2, 0.25) is 0 Å². The van der Waals surface area contributed by atoms with Crippen molar-refractivity contribution in [3.05, 3.63) is 22.2 Å². The molecule has 3 nitrogen and oxygen atoms in total. The first-order valence-corrected chi connectivity index (χ1v) is 8.27. The highest BCUT2D eigenvalue weighted by atomic mass is 79.9. The van der Waals surface area contributed by atoms with Gasteiger partial charge >= 0.3 is 0 Å². The van der Waals surface area contributed by atoms with Gasteiger partial charge in [-0.2, -0.15) is 0 Å². The lowest BCUT2D eigenvalue weighted by Crippen LogP contribution is -2.12. The highest BCUT2D eigenvalue weighted by Crippen LogP contribution is 2.34. The van der Waals surface area contributed by atoms with E-state index in [1.165, 1.54) is 6.07 Å². The van der Waals surface area contributed by atoms with E-state index in [1.54, 1.807) is 13.0 Å². The van der Waals surface area contributed by atoms with Gasteiger partial charge in [0.25, 0.3) is 9.05 Å². The van der Waals surface area contributed by atoms with E-state index >= 15 is 0 Å². The van der Waals surface area contributed by atoms with E-state index in [4.69, 9.17) is 15.4 Å². The lowest BCUT2D eigenvalue weighted by molar-refractivity contribution is 0.210.